The summed E-state index contributed by atoms with van der Waals surface area (Å²) in [6.45, 7) is 5.98. The largest absolute Gasteiger partial charge is 0.385 e. The third kappa shape index (κ3) is 5.70. The molecular weight excluding hydrogens is 445 g/mol. The number of aldehydes is 1. The molecule has 0 amide bonds. The number of carbonyl (C=O) groups is 1. The minimum absolute atomic E-state index is 0.0799. The van der Waals surface area contributed by atoms with Crippen molar-refractivity contribution in [1.29, 1.82) is 0 Å². The number of hydrogen-bond donors (Lipinski definition) is 1. The van der Waals surface area contributed by atoms with Gasteiger partial charge in [0.2, 0.25) is 0 Å². The van der Waals surface area contributed by atoms with Gasteiger partial charge in [0.1, 0.15) is 16.2 Å². The Morgan fingerprint density at radius 1 is 1.33 bits per heavy atom. The van der Waals surface area contributed by atoms with Crippen LogP contribution in [0.4, 0.5) is 13.2 Å². The molecule has 1 atom stereocenters. The Hall–Kier alpha value is -2.66. The van der Waals surface area contributed by atoms with Crippen LogP contribution in [0.1, 0.15) is 39.0 Å². The number of aromatic nitrogens is 2. The Bertz CT molecular complexity index is 1060. The maximum Gasteiger partial charge on any atom is 0.352 e. The van der Waals surface area contributed by atoms with Crippen LogP contribution in [0.5, 0.6) is 0 Å². The molecule has 1 unspecified atom stereocenters. The molecule has 0 bridgehead atoms. The van der Waals surface area contributed by atoms with E-state index in [1.54, 1.807) is 0 Å². The topological polar surface area (TPSA) is 91.6 Å². The maximum atomic E-state index is 14.4. The molecule has 164 valence electrons. The summed E-state index contributed by atoms with van der Waals surface area (Å²) in [6, 6.07) is 2.79. The zero-order valence-corrected chi connectivity index (χ0v) is 18.1. The summed E-state index contributed by atoms with van der Waals surface area (Å²) in [5.74, 6) is 1.06. The molecule has 12 heteroatoms. The first kappa shape index (κ1) is 25.4. The van der Waals surface area contributed by atoms with E-state index >= 15 is 0 Å². The van der Waals surface area contributed by atoms with E-state index in [0.717, 1.165) is 24.4 Å². The minimum Gasteiger partial charge on any atom is -0.385 e. The van der Waals surface area contributed by atoms with Gasteiger partial charge in [-0.1, -0.05) is 42.8 Å². The van der Waals surface area contributed by atoms with Gasteiger partial charge in [0.05, 0.1) is 16.9 Å². The number of nitrogen functional groups attached to an aromatic ring is 1. The molecule has 1 aromatic carbocycles. The minimum atomic E-state index is -3.44. The van der Waals surface area contributed by atoms with Gasteiger partial charge in [0, 0.05) is 18.6 Å². The Labute approximate surface area is 180 Å². The summed E-state index contributed by atoms with van der Waals surface area (Å²) in [4.78, 5) is 27.8. The first-order valence-electron chi connectivity index (χ1n) is 8.63. The highest BCUT2D eigenvalue weighted by atomic mass is 35.5. The monoisotopic (exact) mass is 464 g/mol. The van der Waals surface area contributed by atoms with Crippen molar-refractivity contribution in [2.75, 3.05) is 5.84 Å². The Kier molecular flexibility index (Phi) is 8.79. The van der Waals surface area contributed by atoms with Gasteiger partial charge in [0.15, 0.2) is 12.4 Å². The highest BCUT2D eigenvalue weighted by molar-refractivity contribution is 7.71. The molecule has 0 spiro atoms. The van der Waals surface area contributed by atoms with Crippen LogP contribution >= 0.6 is 23.8 Å². The normalized spacial score (nSPS) is 12.3. The third-order valence-electron chi connectivity index (χ3n) is 3.50. The summed E-state index contributed by atoms with van der Waals surface area (Å²) in [7, 11) is 0. The number of carbonyl (C=O) groups excluding carboxylic acids is 1. The van der Waals surface area contributed by atoms with Gasteiger partial charge in [-0.3, -0.25) is 4.79 Å². The van der Waals surface area contributed by atoms with E-state index in [0.29, 0.717) is 17.8 Å². The predicted molar refractivity (Wildman–Crippen MR) is 111 cm³/mol. The lowest BCUT2D eigenvalue weighted by atomic mass is 10.2. The molecule has 0 radical (unpaired) electrons. The van der Waals surface area contributed by atoms with Crippen molar-refractivity contribution in [3.8, 4) is 5.69 Å². The zero-order valence-electron chi connectivity index (χ0n) is 16.5. The molecule has 1 heterocycles. The van der Waals surface area contributed by atoms with Crippen LogP contribution < -0.4 is 11.5 Å². The number of nitrogens with two attached hydrogens (primary N) is 1. The van der Waals surface area contributed by atoms with Gasteiger partial charge in [-0.2, -0.15) is 8.78 Å². The average molecular weight is 465 g/mol. The van der Waals surface area contributed by atoms with Gasteiger partial charge >= 0.3 is 5.69 Å². The average Bonchev–Trinajstić information content (AvgIpc) is 2.68. The molecule has 0 fully saturated rings. The SMILES string of the molecule is CC.CC(C=O)O/N=C/c1cc(-n2c(=S)cc(C(C)(F)F)n(N)c2=O)c(F)cc1Cl. The smallest absolute Gasteiger partial charge is 0.352 e. The lowest BCUT2D eigenvalue weighted by Crippen LogP contribution is -2.40. The first-order chi connectivity index (χ1) is 14.0. The number of benzene rings is 1. The zero-order chi connectivity index (χ0) is 23.2. The molecule has 30 heavy (non-hydrogen) atoms. The molecule has 0 aliphatic rings. The first-order valence-corrected chi connectivity index (χ1v) is 9.42. The van der Waals surface area contributed by atoms with E-state index in [-0.39, 0.29) is 20.9 Å². The number of alkyl halides is 2. The lowest BCUT2D eigenvalue weighted by molar-refractivity contribution is -0.116. The van der Waals surface area contributed by atoms with E-state index in [1.165, 1.54) is 6.92 Å². The van der Waals surface area contributed by atoms with Gasteiger partial charge in [-0.25, -0.2) is 18.4 Å². The maximum absolute atomic E-state index is 14.4. The van der Waals surface area contributed by atoms with Crippen molar-refractivity contribution in [1.82, 2.24) is 9.24 Å². The van der Waals surface area contributed by atoms with Crippen molar-refractivity contribution < 1.29 is 22.8 Å². The fraction of sp³-hybridized carbons (Fsp3) is 0.333. The van der Waals surface area contributed by atoms with Crippen LogP contribution in [0.25, 0.3) is 5.69 Å². The second-order valence-corrected chi connectivity index (χ2v) is 6.58. The highest BCUT2D eigenvalue weighted by Crippen LogP contribution is 2.26. The van der Waals surface area contributed by atoms with E-state index in [2.05, 4.69) is 5.16 Å². The molecule has 7 nitrogen and oxygen atoms in total. The predicted octanol–water partition coefficient (Wildman–Crippen LogP) is 3.95. The highest BCUT2D eigenvalue weighted by Gasteiger charge is 2.30. The van der Waals surface area contributed by atoms with Crippen LogP contribution in [0.15, 0.2) is 28.1 Å². The van der Waals surface area contributed by atoms with Crippen LogP contribution in [0.3, 0.4) is 0 Å². The molecular formula is C18H20ClF3N4O3S. The van der Waals surface area contributed by atoms with Crippen LogP contribution in [-0.4, -0.2) is 27.8 Å². The number of hydrogen-bond acceptors (Lipinski definition) is 6. The van der Waals surface area contributed by atoms with E-state index in [9.17, 15) is 22.8 Å². The van der Waals surface area contributed by atoms with Crippen molar-refractivity contribution in [2.24, 2.45) is 5.16 Å². The summed E-state index contributed by atoms with van der Waals surface area (Å²) in [6.07, 6.45) is 0.768. The molecule has 2 N–H and O–H groups in total. The summed E-state index contributed by atoms with van der Waals surface area (Å²) in [5, 5.41) is 3.46. The number of halogens is 4. The van der Waals surface area contributed by atoms with Crippen LogP contribution in [0.2, 0.25) is 5.02 Å². The van der Waals surface area contributed by atoms with Gasteiger partial charge in [-0.15, -0.1) is 0 Å². The summed E-state index contributed by atoms with van der Waals surface area (Å²) in [5.41, 5.74) is -2.27. The van der Waals surface area contributed by atoms with Crippen LogP contribution in [0, 0.1) is 10.5 Å². The number of oxime groups is 1. The van der Waals surface area contributed by atoms with Crippen LogP contribution in [-0.2, 0) is 15.6 Å². The lowest BCUT2D eigenvalue weighted by Gasteiger charge is -2.17. The summed E-state index contributed by atoms with van der Waals surface area (Å²) < 4.78 is 42.1. The second-order valence-electron chi connectivity index (χ2n) is 5.75. The second kappa shape index (κ2) is 10.4. The van der Waals surface area contributed by atoms with Gasteiger partial charge < -0.3 is 10.7 Å². The summed E-state index contributed by atoms with van der Waals surface area (Å²) >= 11 is 10.9. The third-order valence-corrected chi connectivity index (χ3v) is 4.13. The van der Waals surface area contributed by atoms with Crippen molar-refractivity contribution in [2.45, 2.75) is 39.7 Å². The molecule has 0 aliphatic heterocycles. The molecule has 0 saturated carbocycles. The quantitative estimate of drug-likeness (QED) is 0.230. The van der Waals surface area contributed by atoms with Crippen molar-refractivity contribution in [3.63, 3.8) is 0 Å². The standard InChI is InChI=1S/C16H14ClF3N4O3S.C2H6/c1-8(7-25)27-22-6-9-3-12(11(18)4-10(9)17)23-14(28)5-13(16(2,19)20)24(21)15(23)26;1-2/h3-8H,21H2,1-2H3;1-2H3/b22-6+;. The molecule has 0 aliphatic carbocycles. The molecule has 2 aromatic rings. The molecule has 0 saturated heterocycles. The Morgan fingerprint density at radius 3 is 2.47 bits per heavy atom. The van der Waals surface area contributed by atoms with Gasteiger partial charge in [0.25, 0.3) is 5.92 Å². The number of nitrogens with zero attached hydrogens (tertiary/aromatic N) is 3. The molecule has 1 aromatic heterocycles. The van der Waals surface area contributed by atoms with E-state index < -0.39 is 33.9 Å². The Balaban J connectivity index is 0.00000218. The molecule has 2 rings (SSSR count). The number of rotatable bonds is 6. The van der Waals surface area contributed by atoms with Gasteiger partial charge in [-0.05, 0) is 19.1 Å². The van der Waals surface area contributed by atoms with Crippen molar-refractivity contribution in [3.05, 3.63) is 55.4 Å². The fourth-order valence-corrected chi connectivity index (χ4v) is 2.64. The fourth-order valence-electron chi connectivity index (χ4n) is 2.15. The Morgan fingerprint density at radius 2 is 1.93 bits per heavy atom. The van der Waals surface area contributed by atoms with E-state index in [1.807, 2.05) is 13.8 Å². The van der Waals surface area contributed by atoms with E-state index in [4.69, 9.17) is 34.5 Å². The van der Waals surface area contributed by atoms with Crippen molar-refractivity contribution >= 4 is 36.3 Å².